The van der Waals surface area contributed by atoms with Crippen molar-refractivity contribution in [1.82, 2.24) is 4.90 Å². The second-order valence-electron chi connectivity index (χ2n) is 4.89. The number of nitrogens with two attached hydrogens (primary N) is 1. The second-order valence-corrected chi connectivity index (χ2v) is 4.89. The van der Waals surface area contributed by atoms with Gasteiger partial charge >= 0.3 is 0 Å². The Hall–Kier alpha value is -0.930. The van der Waals surface area contributed by atoms with E-state index < -0.39 is 0 Å². The minimum absolute atomic E-state index is 0.0706. The Morgan fingerprint density at radius 3 is 2.65 bits per heavy atom. The van der Waals surface area contributed by atoms with E-state index in [0.717, 1.165) is 50.0 Å². The lowest BCUT2D eigenvalue weighted by atomic mass is 10.0. The molecule has 0 bridgehead atoms. The molecule has 0 spiro atoms. The first-order valence-electron chi connectivity index (χ1n) is 6.44. The van der Waals surface area contributed by atoms with Gasteiger partial charge in [-0.15, -0.1) is 0 Å². The molecule has 1 aliphatic heterocycles. The zero-order valence-corrected chi connectivity index (χ0v) is 10.5. The van der Waals surface area contributed by atoms with Crippen LogP contribution in [0.1, 0.15) is 30.9 Å². The monoisotopic (exact) mass is 236 g/mol. The number of nitrogens with zero attached hydrogens (tertiary/aromatic N) is 1. The summed E-state index contributed by atoms with van der Waals surface area (Å²) >= 11 is 0. The van der Waals surface area contributed by atoms with Gasteiger partial charge in [-0.1, -0.05) is 19.1 Å². The molecule has 0 atom stereocenters. The minimum atomic E-state index is -0.0706. The third-order valence-corrected chi connectivity index (χ3v) is 3.54. The van der Waals surface area contributed by atoms with Gasteiger partial charge in [0, 0.05) is 12.6 Å². The van der Waals surface area contributed by atoms with Crippen molar-refractivity contribution < 1.29 is 4.39 Å². The van der Waals surface area contributed by atoms with Crippen molar-refractivity contribution in [1.29, 1.82) is 0 Å². The van der Waals surface area contributed by atoms with Crippen LogP contribution < -0.4 is 5.73 Å². The Balaban J connectivity index is 1.97. The van der Waals surface area contributed by atoms with Gasteiger partial charge in [-0.25, -0.2) is 4.39 Å². The van der Waals surface area contributed by atoms with Gasteiger partial charge in [-0.05, 0) is 49.5 Å². The maximum absolute atomic E-state index is 13.6. The summed E-state index contributed by atoms with van der Waals surface area (Å²) in [5.74, 6) is -0.0706. The van der Waals surface area contributed by atoms with Crippen LogP contribution in [0.4, 0.5) is 4.39 Å². The van der Waals surface area contributed by atoms with E-state index in [0.29, 0.717) is 6.04 Å². The van der Waals surface area contributed by atoms with E-state index in [2.05, 4.69) is 4.90 Å². The highest BCUT2D eigenvalue weighted by molar-refractivity contribution is 5.24. The zero-order chi connectivity index (χ0) is 12.3. The molecule has 0 amide bonds. The van der Waals surface area contributed by atoms with E-state index in [4.69, 9.17) is 5.73 Å². The Kier molecular flexibility index (Phi) is 4.13. The number of likely N-dealkylation sites (tertiary alicyclic amines) is 1. The lowest BCUT2D eigenvalue weighted by Crippen LogP contribution is -2.39. The smallest absolute Gasteiger partial charge is 0.126 e. The summed E-state index contributed by atoms with van der Waals surface area (Å²) in [4.78, 5) is 2.35. The van der Waals surface area contributed by atoms with E-state index in [1.807, 2.05) is 19.1 Å². The van der Waals surface area contributed by atoms with Gasteiger partial charge in [-0.3, -0.25) is 4.90 Å². The highest BCUT2D eigenvalue weighted by Gasteiger charge is 2.16. The average Bonchev–Trinajstić information content (AvgIpc) is 2.32. The number of benzene rings is 1. The molecule has 1 heterocycles. The van der Waals surface area contributed by atoms with E-state index in [-0.39, 0.29) is 5.82 Å². The number of rotatable bonds is 3. The molecule has 2 nitrogen and oxygen atoms in total. The lowest BCUT2D eigenvalue weighted by Gasteiger charge is -2.30. The largest absolute Gasteiger partial charge is 0.328 e. The number of piperidine rings is 1. The third-order valence-electron chi connectivity index (χ3n) is 3.54. The Morgan fingerprint density at radius 1 is 1.35 bits per heavy atom. The van der Waals surface area contributed by atoms with Crippen LogP contribution >= 0.6 is 0 Å². The molecule has 1 aliphatic rings. The van der Waals surface area contributed by atoms with Gasteiger partial charge in [-0.2, -0.15) is 0 Å². The van der Waals surface area contributed by atoms with Gasteiger partial charge in [0.05, 0.1) is 0 Å². The predicted molar refractivity (Wildman–Crippen MR) is 68.3 cm³/mol. The Bertz CT molecular complexity index is 370. The molecular formula is C14H21FN2. The van der Waals surface area contributed by atoms with Gasteiger partial charge in [0.25, 0.3) is 0 Å². The zero-order valence-electron chi connectivity index (χ0n) is 10.5. The fraction of sp³-hybridized carbons (Fsp3) is 0.571. The quantitative estimate of drug-likeness (QED) is 0.872. The third kappa shape index (κ3) is 3.27. The maximum atomic E-state index is 13.6. The molecule has 2 rings (SSSR count). The molecule has 0 aliphatic carbocycles. The van der Waals surface area contributed by atoms with Crippen LogP contribution in [0.3, 0.4) is 0 Å². The van der Waals surface area contributed by atoms with Crippen molar-refractivity contribution in [2.75, 3.05) is 13.1 Å². The molecule has 94 valence electrons. The topological polar surface area (TPSA) is 29.3 Å². The van der Waals surface area contributed by atoms with Gasteiger partial charge in [0.1, 0.15) is 5.82 Å². The summed E-state index contributed by atoms with van der Waals surface area (Å²) in [7, 11) is 0. The SMILES string of the molecule is CCc1ccc(CN2CCC(N)CC2)cc1F. The first-order chi connectivity index (χ1) is 8.19. The lowest BCUT2D eigenvalue weighted by molar-refractivity contribution is 0.205. The van der Waals surface area contributed by atoms with E-state index in [1.165, 1.54) is 0 Å². The highest BCUT2D eigenvalue weighted by Crippen LogP contribution is 2.15. The number of hydrogen-bond acceptors (Lipinski definition) is 2. The molecular weight excluding hydrogens is 215 g/mol. The van der Waals surface area contributed by atoms with Crippen molar-refractivity contribution in [2.45, 2.75) is 38.8 Å². The first-order valence-corrected chi connectivity index (χ1v) is 6.44. The highest BCUT2D eigenvalue weighted by atomic mass is 19.1. The molecule has 17 heavy (non-hydrogen) atoms. The fourth-order valence-corrected chi connectivity index (χ4v) is 2.35. The van der Waals surface area contributed by atoms with Crippen LogP contribution in [0, 0.1) is 5.82 Å². The fourth-order valence-electron chi connectivity index (χ4n) is 2.35. The van der Waals surface area contributed by atoms with Crippen molar-refractivity contribution in [3.8, 4) is 0 Å². The number of halogens is 1. The van der Waals surface area contributed by atoms with Gasteiger partial charge < -0.3 is 5.73 Å². The minimum Gasteiger partial charge on any atom is -0.328 e. The predicted octanol–water partition coefficient (Wildman–Crippen LogP) is 2.31. The van der Waals surface area contributed by atoms with Crippen molar-refractivity contribution >= 4 is 0 Å². The van der Waals surface area contributed by atoms with Crippen LogP contribution in [0.25, 0.3) is 0 Å². The van der Waals surface area contributed by atoms with Crippen LogP contribution in [0.5, 0.6) is 0 Å². The molecule has 0 saturated carbocycles. The number of aryl methyl sites for hydroxylation is 1. The van der Waals surface area contributed by atoms with Crippen LogP contribution in [-0.2, 0) is 13.0 Å². The summed E-state index contributed by atoms with van der Waals surface area (Å²) in [5, 5.41) is 0. The van der Waals surface area contributed by atoms with Crippen LogP contribution in [-0.4, -0.2) is 24.0 Å². The molecule has 1 saturated heterocycles. The van der Waals surface area contributed by atoms with Crippen LogP contribution in [0.15, 0.2) is 18.2 Å². The second kappa shape index (κ2) is 5.61. The molecule has 2 N–H and O–H groups in total. The first kappa shape index (κ1) is 12.5. The molecule has 1 fully saturated rings. The van der Waals surface area contributed by atoms with Crippen molar-refractivity contribution in [3.63, 3.8) is 0 Å². The van der Waals surface area contributed by atoms with E-state index >= 15 is 0 Å². The summed E-state index contributed by atoms with van der Waals surface area (Å²) in [6.45, 7) is 4.87. The van der Waals surface area contributed by atoms with E-state index in [1.54, 1.807) is 6.07 Å². The van der Waals surface area contributed by atoms with E-state index in [9.17, 15) is 4.39 Å². The van der Waals surface area contributed by atoms with Crippen molar-refractivity contribution in [3.05, 3.63) is 35.1 Å². The average molecular weight is 236 g/mol. The molecule has 3 heteroatoms. The molecule has 0 aromatic heterocycles. The van der Waals surface area contributed by atoms with Crippen molar-refractivity contribution in [2.24, 2.45) is 5.73 Å². The molecule has 0 unspecified atom stereocenters. The summed E-state index contributed by atoms with van der Waals surface area (Å²) in [6.07, 6.45) is 2.86. The van der Waals surface area contributed by atoms with Gasteiger partial charge in [0.2, 0.25) is 0 Å². The molecule has 1 aromatic carbocycles. The Labute approximate surface area is 103 Å². The normalized spacial score (nSPS) is 18.5. The van der Waals surface area contributed by atoms with Crippen LogP contribution in [0.2, 0.25) is 0 Å². The summed E-state index contributed by atoms with van der Waals surface area (Å²) < 4.78 is 13.6. The summed E-state index contributed by atoms with van der Waals surface area (Å²) in [6, 6.07) is 5.97. The summed E-state index contributed by atoms with van der Waals surface area (Å²) in [5.41, 5.74) is 7.73. The number of hydrogen-bond donors (Lipinski definition) is 1. The molecule has 1 aromatic rings. The van der Waals surface area contributed by atoms with Gasteiger partial charge in [0.15, 0.2) is 0 Å². The maximum Gasteiger partial charge on any atom is 0.126 e. The molecule has 0 radical (unpaired) electrons. The standard InChI is InChI=1S/C14H21FN2/c1-2-12-4-3-11(9-14(12)15)10-17-7-5-13(16)6-8-17/h3-4,9,13H,2,5-8,10,16H2,1H3. The Morgan fingerprint density at radius 2 is 2.06 bits per heavy atom.